The SMILES string of the molecule is CNC(C)C(=O)NC(C(=O)N1Cc2ccc(NC(=O)CNC(=O)[C@]3(C)CN(C(=O)CN4C[C@@H](C)NC[C@@H]4CN4CCOC[C@H]4C)c4cc(Cc5ccc(F)cc5)ccc43)cc2[C@H]1C(=O)Nc1c(F)cccc1F)C(C)(C)C.Cl.Cl.Cl. The molecule has 6 N–H and O–H groups in total. The van der Waals surface area contributed by atoms with Crippen LogP contribution < -0.4 is 36.8 Å². The van der Waals surface area contributed by atoms with Gasteiger partial charge in [0.05, 0.1) is 37.8 Å². The van der Waals surface area contributed by atoms with E-state index in [1.165, 1.54) is 23.1 Å². The fourth-order valence-corrected chi connectivity index (χ4v) is 10.7. The van der Waals surface area contributed by atoms with Crippen LogP contribution in [0.15, 0.2) is 78.9 Å². The molecule has 4 aromatic rings. The van der Waals surface area contributed by atoms with E-state index in [4.69, 9.17) is 4.74 Å². The molecule has 2 saturated heterocycles. The summed E-state index contributed by atoms with van der Waals surface area (Å²) in [6.45, 7) is 16.5. The van der Waals surface area contributed by atoms with Crippen molar-refractivity contribution in [3.8, 4) is 0 Å². The number of amides is 6. The summed E-state index contributed by atoms with van der Waals surface area (Å²) >= 11 is 0. The van der Waals surface area contributed by atoms with Crippen molar-refractivity contribution < 1.29 is 46.7 Å². The van der Waals surface area contributed by atoms with E-state index in [0.717, 1.165) is 42.4 Å². The Balaban J connectivity index is 0.00000392. The van der Waals surface area contributed by atoms with Crippen LogP contribution in [0.25, 0.3) is 0 Å². The number of likely N-dealkylation sites (N-methyl/N-ethyl adjacent to an activating group) is 1. The molecule has 4 aromatic carbocycles. The van der Waals surface area contributed by atoms with Gasteiger partial charge in [0.1, 0.15) is 35.2 Å². The number of carbonyl (C=O) groups excluding carboxylic acids is 6. The van der Waals surface area contributed by atoms with Gasteiger partial charge in [-0.05, 0) is 117 Å². The van der Waals surface area contributed by atoms with Crippen LogP contribution in [0.3, 0.4) is 0 Å². The summed E-state index contributed by atoms with van der Waals surface area (Å²) in [5.74, 6) is -5.77. The first-order valence-electron chi connectivity index (χ1n) is 26.3. The Hall–Kier alpha value is -5.84. The fourth-order valence-electron chi connectivity index (χ4n) is 10.7. The zero-order chi connectivity index (χ0) is 55.5. The third-order valence-corrected chi connectivity index (χ3v) is 15.3. The minimum absolute atomic E-state index is 0. The largest absolute Gasteiger partial charge is 0.379 e. The number of carbonyl (C=O) groups is 6. The number of halogens is 6. The van der Waals surface area contributed by atoms with E-state index in [9.17, 15) is 41.9 Å². The molecule has 7 atom stereocenters. The molecule has 0 spiro atoms. The van der Waals surface area contributed by atoms with Gasteiger partial charge in [-0.25, -0.2) is 13.2 Å². The number of para-hydroxylation sites is 1. The van der Waals surface area contributed by atoms with E-state index in [2.05, 4.69) is 55.5 Å². The number of morpholine rings is 1. The molecule has 17 nitrogen and oxygen atoms in total. The number of anilines is 3. The molecule has 2 fully saturated rings. The van der Waals surface area contributed by atoms with Crippen LogP contribution in [0.4, 0.5) is 30.2 Å². The number of hydrogen-bond donors (Lipinski definition) is 6. The van der Waals surface area contributed by atoms with Crippen LogP contribution in [0.5, 0.6) is 0 Å². The molecule has 4 aliphatic heterocycles. The van der Waals surface area contributed by atoms with Crippen molar-refractivity contribution in [3.05, 3.63) is 124 Å². The third-order valence-electron chi connectivity index (χ3n) is 15.3. The highest BCUT2D eigenvalue weighted by Crippen LogP contribution is 2.43. The first kappa shape index (κ1) is 65.0. The Morgan fingerprint density at radius 3 is 2.23 bits per heavy atom. The Bertz CT molecular complexity index is 2880. The number of nitrogens with one attached hydrogen (secondary N) is 6. The maximum Gasteiger partial charge on any atom is 0.252 e. The van der Waals surface area contributed by atoms with Gasteiger partial charge < -0.3 is 46.4 Å². The van der Waals surface area contributed by atoms with Crippen molar-refractivity contribution in [2.45, 2.75) is 103 Å². The van der Waals surface area contributed by atoms with E-state index < -0.39 is 82.4 Å². The number of nitrogens with zero attached hydrogens (tertiary/aromatic N) is 4. The lowest BCUT2D eigenvalue weighted by Crippen LogP contribution is -2.62. The molecular formula is C57H74Cl3F3N10O7. The van der Waals surface area contributed by atoms with Crippen molar-refractivity contribution >= 4 is 89.7 Å². The first-order valence-corrected chi connectivity index (χ1v) is 26.3. The monoisotopic (exact) mass is 1170 g/mol. The standard InChI is InChI=1S/C57H71F3N10O7.3ClH/c1-33-27-68(41(25-62-33)29-67-20-21-77-31-34(67)2)30-48(72)70-32-57(7,43-19-14-37(23-46(43)70)22-36-12-16-39(58)17-13-36)55(76)63-26-47(71)64-40-18-15-38-28-69(54(75)51(56(4,5)6)66-52(73)35(3)61-8)50(42(38)24-40)53(74)65-49-44(59)10-9-11-45(49)60;;;/h9-19,23-24,33-35,41,50-51,61-62H,20-22,25-32H2,1-8H3,(H,63,76)(H,64,71)(H,65,74)(H,66,73);3*1H/t33-,34-,35?,41-,50+,51?,57-;;;/m1.../s1. The quantitative estimate of drug-likeness (QED) is 0.0787. The van der Waals surface area contributed by atoms with Gasteiger partial charge in [0.25, 0.3) is 5.91 Å². The van der Waals surface area contributed by atoms with Crippen molar-refractivity contribution in [2.24, 2.45) is 5.41 Å². The predicted molar refractivity (Wildman–Crippen MR) is 308 cm³/mol. The first-order chi connectivity index (χ1) is 36.5. The molecule has 6 amide bonds. The van der Waals surface area contributed by atoms with E-state index >= 15 is 0 Å². The number of rotatable bonds is 16. The van der Waals surface area contributed by atoms with Gasteiger partial charge >= 0.3 is 0 Å². The minimum atomic E-state index is -1.46. The summed E-state index contributed by atoms with van der Waals surface area (Å²) in [6.07, 6.45) is 0.451. The average molecular weight is 1170 g/mol. The predicted octanol–water partition coefficient (Wildman–Crippen LogP) is 5.86. The number of piperazine rings is 1. The number of fused-ring (bicyclic) bond motifs is 2. The van der Waals surface area contributed by atoms with E-state index in [0.29, 0.717) is 49.5 Å². The van der Waals surface area contributed by atoms with Crippen molar-refractivity contribution in [1.29, 1.82) is 0 Å². The molecule has 0 aliphatic carbocycles. The minimum Gasteiger partial charge on any atom is -0.379 e. The fraction of sp³-hybridized carbons (Fsp3) is 0.474. The molecule has 436 valence electrons. The maximum absolute atomic E-state index is 15.0. The highest BCUT2D eigenvalue weighted by Gasteiger charge is 2.48. The second-order valence-corrected chi connectivity index (χ2v) is 22.2. The van der Waals surface area contributed by atoms with Crippen molar-refractivity contribution in [3.63, 3.8) is 0 Å². The highest BCUT2D eigenvalue weighted by atomic mass is 35.5. The summed E-state index contributed by atoms with van der Waals surface area (Å²) in [7, 11) is 1.60. The highest BCUT2D eigenvalue weighted by molar-refractivity contribution is 6.05. The number of ether oxygens (including phenoxy) is 1. The lowest BCUT2D eigenvalue weighted by Gasteiger charge is -2.43. The molecule has 0 bridgehead atoms. The van der Waals surface area contributed by atoms with Gasteiger partial charge in [-0.1, -0.05) is 57.2 Å². The smallest absolute Gasteiger partial charge is 0.252 e. The summed E-state index contributed by atoms with van der Waals surface area (Å²) < 4.78 is 49.5. The van der Waals surface area contributed by atoms with Gasteiger partial charge in [0.15, 0.2) is 0 Å². The van der Waals surface area contributed by atoms with E-state index in [1.54, 1.807) is 70.8 Å². The maximum atomic E-state index is 15.0. The van der Waals surface area contributed by atoms with Gasteiger partial charge in [0.2, 0.25) is 29.5 Å². The van der Waals surface area contributed by atoms with Crippen LogP contribution in [0.1, 0.15) is 82.3 Å². The lowest BCUT2D eigenvalue weighted by atomic mass is 9.83. The number of benzene rings is 4. The molecule has 0 radical (unpaired) electrons. The molecular weight excluding hydrogens is 1100 g/mol. The molecule has 80 heavy (non-hydrogen) atoms. The summed E-state index contributed by atoms with van der Waals surface area (Å²) in [4.78, 5) is 92.6. The van der Waals surface area contributed by atoms with Gasteiger partial charge in [-0.3, -0.25) is 38.6 Å². The zero-order valence-corrected chi connectivity index (χ0v) is 48.7. The van der Waals surface area contributed by atoms with Gasteiger partial charge in [0, 0.05) is 68.8 Å². The zero-order valence-electron chi connectivity index (χ0n) is 46.3. The van der Waals surface area contributed by atoms with E-state index in [1.807, 2.05) is 18.2 Å². The Labute approximate surface area is 484 Å². The second-order valence-electron chi connectivity index (χ2n) is 22.2. The van der Waals surface area contributed by atoms with Gasteiger partial charge in [-0.2, -0.15) is 0 Å². The summed E-state index contributed by atoms with van der Waals surface area (Å²) in [5, 5.41) is 17.1. The summed E-state index contributed by atoms with van der Waals surface area (Å²) in [5.41, 5.74) is 0.985. The van der Waals surface area contributed by atoms with Gasteiger partial charge in [-0.15, -0.1) is 37.2 Å². The van der Waals surface area contributed by atoms with E-state index in [-0.39, 0.29) is 98.0 Å². The molecule has 8 rings (SSSR count). The van der Waals surface area contributed by atoms with Crippen LogP contribution in [-0.2, 0) is 51.9 Å². The second kappa shape index (κ2) is 27.3. The number of hydrogen-bond acceptors (Lipinski definition) is 11. The molecule has 2 unspecified atom stereocenters. The van der Waals surface area contributed by atoms with Crippen molar-refractivity contribution in [1.82, 2.24) is 36.0 Å². The lowest BCUT2D eigenvalue weighted by molar-refractivity contribution is -0.144. The normalized spacial score (nSPS) is 21.5. The Morgan fingerprint density at radius 1 is 0.875 bits per heavy atom. The average Bonchev–Trinajstić information content (AvgIpc) is 3.93. The topological polar surface area (TPSA) is 197 Å². The molecule has 4 aliphatic rings. The van der Waals surface area contributed by atoms with Crippen LogP contribution in [0.2, 0.25) is 0 Å². The molecule has 23 heteroatoms. The summed E-state index contributed by atoms with van der Waals surface area (Å²) in [6, 6.07) is 16.8. The molecule has 0 aromatic heterocycles. The third kappa shape index (κ3) is 14.6. The van der Waals surface area contributed by atoms with Crippen molar-refractivity contribution in [2.75, 3.05) is 81.6 Å². The molecule has 4 heterocycles. The van der Waals surface area contributed by atoms with Crippen LogP contribution >= 0.6 is 37.2 Å². The molecule has 0 saturated carbocycles. The Kier molecular flexibility index (Phi) is 22.2. The van der Waals surface area contributed by atoms with Crippen LogP contribution in [-0.4, -0.2) is 146 Å². The van der Waals surface area contributed by atoms with Crippen LogP contribution in [0, 0.1) is 22.9 Å². The Morgan fingerprint density at radius 2 is 1.56 bits per heavy atom.